The van der Waals surface area contributed by atoms with Gasteiger partial charge in [0.2, 0.25) is 0 Å². The first-order chi connectivity index (χ1) is 9.04. The molecule has 4 heteroatoms. The molecule has 1 heterocycles. The number of carbonyl (C=O) groups excluding carboxylic acids is 1. The van der Waals surface area contributed by atoms with Gasteiger partial charge in [0.15, 0.2) is 5.78 Å². The predicted octanol–water partition coefficient (Wildman–Crippen LogP) is 1.83. The molecule has 104 valence electrons. The Hall–Kier alpha value is -1.39. The molecule has 1 fully saturated rings. The molecule has 2 rings (SSSR count). The molecule has 1 aliphatic heterocycles. The van der Waals surface area contributed by atoms with Gasteiger partial charge in [-0.15, -0.1) is 0 Å². The van der Waals surface area contributed by atoms with Crippen molar-refractivity contribution in [2.45, 2.75) is 25.8 Å². The second kappa shape index (κ2) is 5.72. The molecule has 0 aliphatic carbocycles. The lowest BCUT2D eigenvalue weighted by atomic mass is 9.90. The van der Waals surface area contributed by atoms with E-state index in [9.17, 15) is 4.79 Å². The summed E-state index contributed by atoms with van der Waals surface area (Å²) in [5.41, 5.74) is 7.04. The van der Waals surface area contributed by atoms with E-state index in [1.54, 1.807) is 6.92 Å². The zero-order valence-electron chi connectivity index (χ0n) is 11.7. The smallest absolute Gasteiger partial charge is 0.182 e. The fourth-order valence-electron chi connectivity index (χ4n) is 2.14. The number of nitrogens with zero attached hydrogens (tertiary/aromatic N) is 1. The molecule has 1 aromatic carbocycles. The average Bonchev–Trinajstić information content (AvgIpc) is 2.47. The molecule has 0 aromatic heterocycles. The van der Waals surface area contributed by atoms with Crippen molar-refractivity contribution >= 4 is 11.5 Å². The van der Waals surface area contributed by atoms with E-state index in [1.807, 2.05) is 31.2 Å². The summed E-state index contributed by atoms with van der Waals surface area (Å²) in [5, 5.41) is 0. The van der Waals surface area contributed by atoms with Crippen molar-refractivity contribution in [2.24, 2.45) is 5.73 Å². The summed E-state index contributed by atoms with van der Waals surface area (Å²) in [6, 6.07) is 7.72. The summed E-state index contributed by atoms with van der Waals surface area (Å²) in [7, 11) is 0. The normalized spacial score (nSPS) is 19.0. The quantitative estimate of drug-likeness (QED) is 0.841. The number of Topliss-reactive ketones (excluding diaryl/α,β-unsaturated/α-hetero) is 1. The molecule has 1 atom stereocenters. The molecular weight excluding hydrogens is 240 g/mol. The molecule has 0 spiro atoms. The monoisotopic (exact) mass is 262 g/mol. The first-order valence-electron chi connectivity index (χ1n) is 6.81. The molecule has 19 heavy (non-hydrogen) atoms. The number of hydrogen-bond donors (Lipinski definition) is 1. The van der Waals surface area contributed by atoms with Crippen molar-refractivity contribution in [2.75, 3.05) is 31.2 Å². The van der Waals surface area contributed by atoms with Crippen molar-refractivity contribution in [3.05, 3.63) is 29.8 Å². The summed E-state index contributed by atoms with van der Waals surface area (Å²) >= 11 is 0. The third kappa shape index (κ3) is 3.14. The lowest BCUT2D eigenvalue weighted by molar-refractivity contribution is 0.0898. The van der Waals surface area contributed by atoms with Crippen molar-refractivity contribution in [3.63, 3.8) is 0 Å². The third-order valence-electron chi connectivity index (χ3n) is 3.76. The molecule has 1 unspecified atom stereocenters. The van der Waals surface area contributed by atoms with Crippen LogP contribution in [-0.4, -0.2) is 37.6 Å². The summed E-state index contributed by atoms with van der Waals surface area (Å²) in [6.07, 6.45) is 0.636. The van der Waals surface area contributed by atoms with Gasteiger partial charge in [-0.3, -0.25) is 4.79 Å². The van der Waals surface area contributed by atoms with Crippen molar-refractivity contribution < 1.29 is 9.53 Å². The number of nitrogens with two attached hydrogens (primary N) is 1. The standard InChI is InChI=1S/C15H22N2O2/c1-3-15(2,16)14(18)12-4-6-13(7-5-12)17-8-10-19-11-9-17/h4-7H,3,8-11,16H2,1-2H3. The Labute approximate surface area is 114 Å². The fraction of sp³-hybridized carbons (Fsp3) is 0.533. The van der Waals surface area contributed by atoms with Crippen molar-refractivity contribution in [1.29, 1.82) is 0 Å². The summed E-state index contributed by atoms with van der Waals surface area (Å²) < 4.78 is 5.33. The summed E-state index contributed by atoms with van der Waals surface area (Å²) in [4.78, 5) is 14.5. The minimum atomic E-state index is -0.777. The van der Waals surface area contributed by atoms with Crippen molar-refractivity contribution in [1.82, 2.24) is 0 Å². The van der Waals surface area contributed by atoms with Crippen LogP contribution in [0.5, 0.6) is 0 Å². The van der Waals surface area contributed by atoms with Crippen LogP contribution in [0.2, 0.25) is 0 Å². The first-order valence-corrected chi connectivity index (χ1v) is 6.81. The van der Waals surface area contributed by atoms with Crippen molar-refractivity contribution in [3.8, 4) is 0 Å². The van der Waals surface area contributed by atoms with E-state index < -0.39 is 5.54 Å². The Balaban J connectivity index is 2.12. The number of hydrogen-bond acceptors (Lipinski definition) is 4. The molecule has 4 nitrogen and oxygen atoms in total. The van der Waals surface area contributed by atoms with Crippen LogP contribution in [0.15, 0.2) is 24.3 Å². The second-order valence-electron chi connectivity index (χ2n) is 5.25. The minimum absolute atomic E-state index is 0.00327. The van der Waals surface area contributed by atoms with Crippen LogP contribution < -0.4 is 10.6 Å². The number of ether oxygens (including phenoxy) is 1. The molecule has 1 aromatic rings. The van der Waals surface area contributed by atoms with Crippen LogP contribution in [0.3, 0.4) is 0 Å². The molecule has 1 aliphatic rings. The van der Waals surface area contributed by atoms with Gasteiger partial charge in [0.1, 0.15) is 0 Å². The molecular formula is C15H22N2O2. The van der Waals surface area contributed by atoms with E-state index in [1.165, 1.54) is 0 Å². The van der Waals surface area contributed by atoms with E-state index in [0.29, 0.717) is 12.0 Å². The van der Waals surface area contributed by atoms with Gasteiger partial charge >= 0.3 is 0 Å². The molecule has 1 saturated heterocycles. The van der Waals surface area contributed by atoms with Gasteiger partial charge in [0.05, 0.1) is 18.8 Å². The Morgan fingerprint density at radius 1 is 1.32 bits per heavy atom. The highest BCUT2D eigenvalue weighted by Gasteiger charge is 2.27. The Morgan fingerprint density at radius 2 is 1.89 bits per heavy atom. The van der Waals surface area contributed by atoms with Crippen LogP contribution in [0.1, 0.15) is 30.6 Å². The largest absolute Gasteiger partial charge is 0.378 e. The molecule has 0 saturated carbocycles. The number of anilines is 1. The number of benzene rings is 1. The van der Waals surface area contributed by atoms with Gasteiger partial charge in [0.25, 0.3) is 0 Å². The Bertz CT molecular complexity index is 434. The highest BCUT2D eigenvalue weighted by atomic mass is 16.5. The average molecular weight is 262 g/mol. The van der Waals surface area contributed by atoms with Gasteiger partial charge in [-0.1, -0.05) is 6.92 Å². The SMILES string of the molecule is CCC(C)(N)C(=O)c1ccc(N2CCOCC2)cc1. The maximum Gasteiger partial charge on any atom is 0.182 e. The van der Waals surface area contributed by atoms with Gasteiger partial charge in [-0.2, -0.15) is 0 Å². The van der Waals surface area contributed by atoms with Crippen LogP contribution in [0, 0.1) is 0 Å². The zero-order chi connectivity index (χ0) is 13.9. The predicted molar refractivity (Wildman–Crippen MR) is 76.7 cm³/mol. The molecule has 0 bridgehead atoms. The summed E-state index contributed by atoms with van der Waals surface area (Å²) in [6.45, 7) is 7.04. The van der Waals surface area contributed by atoms with E-state index in [0.717, 1.165) is 32.0 Å². The van der Waals surface area contributed by atoms with E-state index >= 15 is 0 Å². The lowest BCUT2D eigenvalue weighted by Crippen LogP contribution is -2.44. The maximum atomic E-state index is 12.2. The van der Waals surface area contributed by atoms with Crippen LogP contribution in [0.25, 0.3) is 0 Å². The van der Waals surface area contributed by atoms with E-state index in [2.05, 4.69) is 4.90 Å². The van der Waals surface area contributed by atoms with Gasteiger partial charge in [0, 0.05) is 24.3 Å². The first kappa shape index (κ1) is 14.0. The van der Waals surface area contributed by atoms with E-state index in [-0.39, 0.29) is 5.78 Å². The topological polar surface area (TPSA) is 55.6 Å². The number of morpholine rings is 1. The highest BCUT2D eigenvalue weighted by Crippen LogP contribution is 2.20. The maximum absolute atomic E-state index is 12.2. The minimum Gasteiger partial charge on any atom is -0.378 e. The van der Waals surface area contributed by atoms with Gasteiger partial charge in [-0.25, -0.2) is 0 Å². The second-order valence-corrected chi connectivity index (χ2v) is 5.25. The highest BCUT2D eigenvalue weighted by molar-refractivity contribution is 6.03. The van der Waals surface area contributed by atoms with Crippen LogP contribution in [0.4, 0.5) is 5.69 Å². The van der Waals surface area contributed by atoms with E-state index in [4.69, 9.17) is 10.5 Å². The summed E-state index contributed by atoms with van der Waals surface area (Å²) in [5.74, 6) is 0.00327. The molecule has 0 radical (unpaired) electrons. The Morgan fingerprint density at radius 3 is 2.42 bits per heavy atom. The number of ketones is 1. The van der Waals surface area contributed by atoms with Gasteiger partial charge < -0.3 is 15.4 Å². The number of carbonyl (C=O) groups is 1. The molecule has 2 N–H and O–H groups in total. The van der Waals surface area contributed by atoms with Crippen LogP contribution in [-0.2, 0) is 4.74 Å². The third-order valence-corrected chi connectivity index (χ3v) is 3.76. The fourth-order valence-corrected chi connectivity index (χ4v) is 2.14. The Kier molecular flexibility index (Phi) is 4.22. The van der Waals surface area contributed by atoms with Gasteiger partial charge in [-0.05, 0) is 37.6 Å². The number of rotatable bonds is 4. The van der Waals surface area contributed by atoms with Crippen LogP contribution >= 0.6 is 0 Å². The zero-order valence-corrected chi connectivity index (χ0v) is 11.7. The molecule has 0 amide bonds. The lowest BCUT2D eigenvalue weighted by Gasteiger charge is -2.29.